The van der Waals surface area contributed by atoms with Gasteiger partial charge in [-0.25, -0.2) is 4.98 Å². The van der Waals surface area contributed by atoms with Crippen molar-refractivity contribution in [1.29, 1.82) is 0 Å². The second-order valence-electron chi connectivity index (χ2n) is 6.73. The summed E-state index contributed by atoms with van der Waals surface area (Å²) in [6.45, 7) is 1.36. The molecule has 1 atom stereocenters. The number of carbonyl (C=O) groups is 1. The van der Waals surface area contributed by atoms with Crippen molar-refractivity contribution >= 4 is 16.8 Å². The van der Waals surface area contributed by atoms with Crippen molar-refractivity contribution in [3.05, 3.63) is 65.9 Å². The Kier molecular flexibility index (Phi) is 4.67. The van der Waals surface area contributed by atoms with Gasteiger partial charge in [0.25, 0.3) is 5.91 Å². The molecule has 0 aliphatic carbocycles. The normalized spacial score (nSPS) is 16.5. The molecule has 2 aromatic carbocycles. The molecule has 1 saturated heterocycles. The summed E-state index contributed by atoms with van der Waals surface area (Å²) in [7, 11) is 3.32. The molecule has 1 fully saturated rings. The van der Waals surface area contributed by atoms with Crippen LogP contribution in [0.4, 0.5) is 0 Å². The van der Waals surface area contributed by atoms with Gasteiger partial charge in [-0.3, -0.25) is 4.79 Å². The van der Waals surface area contributed by atoms with Crippen molar-refractivity contribution < 1.29 is 14.3 Å². The molecule has 2 heterocycles. The monoisotopic (exact) mass is 362 g/mol. The Morgan fingerprint density at radius 2 is 1.93 bits per heavy atom. The number of nitrogens with zero attached hydrogens (tertiary/aromatic N) is 2. The number of rotatable bonds is 4. The molecule has 0 spiro atoms. The van der Waals surface area contributed by atoms with Crippen LogP contribution in [-0.4, -0.2) is 43.1 Å². The number of hydrogen-bond donors (Lipinski definition) is 0. The molecule has 5 heteroatoms. The molecule has 27 heavy (non-hydrogen) atoms. The van der Waals surface area contributed by atoms with E-state index < -0.39 is 0 Å². The van der Waals surface area contributed by atoms with E-state index in [1.165, 1.54) is 0 Å². The number of ether oxygens (including phenoxy) is 2. The van der Waals surface area contributed by atoms with E-state index in [-0.39, 0.29) is 11.8 Å². The summed E-state index contributed by atoms with van der Waals surface area (Å²) in [5.74, 6) is 1.83. The van der Waals surface area contributed by atoms with E-state index >= 15 is 0 Å². The number of aromatic nitrogens is 1. The number of para-hydroxylation sites is 1. The molecular formula is C22H22N2O3. The van der Waals surface area contributed by atoms with E-state index in [9.17, 15) is 4.79 Å². The van der Waals surface area contributed by atoms with Gasteiger partial charge < -0.3 is 14.4 Å². The summed E-state index contributed by atoms with van der Waals surface area (Å²) in [5.41, 5.74) is 2.42. The molecule has 1 aliphatic rings. The average Bonchev–Trinajstić information content (AvgIpc) is 3.22. The van der Waals surface area contributed by atoms with Crippen molar-refractivity contribution in [3.8, 4) is 11.5 Å². The molecule has 1 aliphatic heterocycles. The Balaban J connectivity index is 1.56. The molecule has 5 nitrogen and oxygen atoms in total. The third kappa shape index (κ3) is 3.33. The predicted molar refractivity (Wildman–Crippen MR) is 105 cm³/mol. The van der Waals surface area contributed by atoms with Crippen molar-refractivity contribution in [1.82, 2.24) is 9.88 Å². The van der Waals surface area contributed by atoms with Crippen molar-refractivity contribution in [2.24, 2.45) is 0 Å². The Morgan fingerprint density at radius 3 is 2.74 bits per heavy atom. The number of hydrogen-bond acceptors (Lipinski definition) is 4. The summed E-state index contributed by atoms with van der Waals surface area (Å²) in [4.78, 5) is 19.4. The number of pyridine rings is 1. The molecule has 0 bridgehead atoms. The minimum Gasteiger partial charge on any atom is -0.497 e. The quantitative estimate of drug-likeness (QED) is 0.707. The van der Waals surface area contributed by atoms with Gasteiger partial charge in [0, 0.05) is 30.0 Å². The highest BCUT2D eigenvalue weighted by atomic mass is 16.5. The van der Waals surface area contributed by atoms with Gasteiger partial charge in [-0.2, -0.15) is 0 Å². The minimum absolute atomic E-state index is 0.0230. The highest BCUT2D eigenvalue weighted by molar-refractivity contribution is 5.95. The molecule has 1 aromatic heterocycles. The van der Waals surface area contributed by atoms with Crippen LogP contribution in [0.1, 0.15) is 28.4 Å². The summed E-state index contributed by atoms with van der Waals surface area (Å²) >= 11 is 0. The van der Waals surface area contributed by atoms with Crippen molar-refractivity contribution in [2.75, 3.05) is 27.3 Å². The standard InChI is InChI=1S/C22H22N2O3/c1-26-17-8-10-21(27-2)18(13-17)16-11-12-24(14-16)22(25)20-9-7-15-5-3-4-6-19(15)23-20/h3-10,13,16H,11-12,14H2,1-2H3/t16-/m1/s1. The molecule has 0 radical (unpaired) electrons. The molecule has 0 saturated carbocycles. The summed E-state index contributed by atoms with van der Waals surface area (Å²) in [6, 6.07) is 17.4. The Bertz CT molecular complexity index is 986. The zero-order valence-electron chi connectivity index (χ0n) is 15.5. The summed E-state index contributed by atoms with van der Waals surface area (Å²) in [5, 5.41) is 1.04. The van der Waals surface area contributed by atoms with E-state index in [1.54, 1.807) is 14.2 Å². The molecule has 138 valence electrons. The lowest BCUT2D eigenvalue weighted by atomic mass is 9.97. The lowest BCUT2D eigenvalue weighted by molar-refractivity contribution is 0.0785. The van der Waals surface area contributed by atoms with Crippen LogP contribution in [0.25, 0.3) is 10.9 Å². The molecule has 0 unspecified atom stereocenters. The van der Waals surface area contributed by atoms with Gasteiger partial charge in [0.2, 0.25) is 0 Å². The van der Waals surface area contributed by atoms with E-state index in [0.29, 0.717) is 18.8 Å². The SMILES string of the molecule is COc1ccc(OC)c([C@@H]2CCN(C(=O)c3ccc4ccccc4n3)C2)c1. The highest BCUT2D eigenvalue weighted by Crippen LogP contribution is 2.36. The maximum Gasteiger partial charge on any atom is 0.272 e. The highest BCUT2D eigenvalue weighted by Gasteiger charge is 2.30. The average molecular weight is 362 g/mol. The second-order valence-corrected chi connectivity index (χ2v) is 6.73. The largest absolute Gasteiger partial charge is 0.497 e. The maximum absolute atomic E-state index is 13.0. The fourth-order valence-corrected chi connectivity index (χ4v) is 3.70. The Hall–Kier alpha value is -3.08. The molecular weight excluding hydrogens is 340 g/mol. The van der Waals surface area contributed by atoms with E-state index in [1.807, 2.05) is 59.5 Å². The van der Waals surface area contributed by atoms with Crippen LogP contribution in [0.15, 0.2) is 54.6 Å². The van der Waals surface area contributed by atoms with Crippen LogP contribution in [0, 0.1) is 0 Å². The number of methoxy groups -OCH3 is 2. The molecule has 0 N–H and O–H groups in total. The minimum atomic E-state index is -0.0230. The first-order valence-electron chi connectivity index (χ1n) is 9.06. The van der Waals surface area contributed by atoms with Gasteiger partial charge in [-0.15, -0.1) is 0 Å². The topological polar surface area (TPSA) is 51.7 Å². The Labute approximate surface area is 158 Å². The first-order valence-corrected chi connectivity index (χ1v) is 9.06. The van der Waals surface area contributed by atoms with Crippen molar-refractivity contribution in [2.45, 2.75) is 12.3 Å². The lowest BCUT2D eigenvalue weighted by Gasteiger charge is -2.18. The lowest BCUT2D eigenvalue weighted by Crippen LogP contribution is -2.29. The third-order valence-corrected chi connectivity index (χ3v) is 5.17. The molecule has 3 aromatic rings. The van der Waals surface area contributed by atoms with Gasteiger partial charge in [0.05, 0.1) is 19.7 Å². The number of amides is 1. The van der Waals surface area contributed by atoms with Gasteiger partial charge >= 0.3 is 0 Å². The van der Waals surface area contributed by atoms with Gasteiger partial charge in [0.1, 0.15) is 17.2 Å². The smallest absolute Gasteiger partial charge is 0.272 e. The van der Waals surface area contributed by atoms with Crippen LogP contribution in [0.2, 0.25) is 0 Å². The summed E-state index contributed by atoms with van der Waals surface area (Å²) in [6.07, 6.45) is 0.892. The van der Waals surface area contributed by atoms with Crippen LogP contribution < -0.4 is 9.47 Å². The third-order valence-electron chi connectivity index (χ3n) is 5.17. The predicted octanol–water partition coefficient (Wildman–Crippen LogP) is 3.88. The number of fused-ring (bicyclic) bond motifs is 1. The van der Waals surface area contributed by atoms with Crippen LogP contribution in [0.5, 0.6) is 11.5 Å². The zero-order valence-corrected chi connectivity index (χ0v) is 15.5. The van der Waals surface area contributed by atoms with Crippen LogP contribution >= 0.6 is 0 Å². The summed E-state index contributed by atoms with van der Waals surface area (Å²) < 4.78 is 10.9. The van der Waals surface area contributed by atoms with E-state index in [4.69, 9.17) is 9.47 Å². The fourth-order valence-electron chi connectivity index (χ4n) is 3.70. The first-order chi connectivity index (χ1) is 13.2. The van der Waals surface area contributed by atoms with Gasteiger partial charge in [-0.05, 0) is 36.8 Å². The molecule has 4 rings (SSSR count). The van der Waals surface area contributed by atoms with Crippen LogP contribution in [-0.2, 0) is 0 Å². The van der Waals surface area contributed by atoms with Crippen molar-refractivity contribution in [3.63, 3.8) is 0 Å². The van der Waals surface area contributed by atoms with Crippen LogP contribution in [0.3, 0.4) is 0 Å². The van der Waals surface area contributed by atoms with Gasteiger partial charge in [0.15, 0.2) is 0 Å². The second kappa shape index (κ2) is 7.27. The molecule has 1 amide bonds. The zero-order chi connectivity index (χ0) is 18.8. The van der Waals surface area contributed by atoms with E-state index in [2.05, 4.69) is 4.98 Å². The van der Waals surface area contributed by atoms with Gasteiger partial charge in [-0.1, -0.05) is 24.3 Å². The number of likely N-dealkylation sites (tertiary alicyclic amines) is 1. The Morgan fingerprint density at radius 1 is 1.07 bits per heavy atom. The fraction of sp³-hybridized carbons (Fsp3) is 0.273. The number of benzene rings is 2. The first kappa shape index (κ1) is 17.3. The van der Waals surface area contributed by atoms with E-state index in [0.717, 1.165) is 34.4 Å². The number of carbonyl (C=O) groups excluding carboxylic acids is 1. The maximum atomic E-state index is 13.0.